The molecular weight excluding hydrogens is 258 g/mol. The predicted octanol–water partition coefficient (Wildman–Crippen LogP) is 1.01. The molecule has 0 bridgehead atoms. The number of ether oxygens (including phenoxy) is 2. The number of hydrogen-bond donors (Lipinski definition) is 2. The molecule has 0 spiro atoms. The van der Waals surface area contributed by atoms with Gasteiger partial charge in [-0.2, -0.15) is 5.26 Å². The van der Waals surface area contributed by atoms with Gasteiger partial charge in [0.05, 0.1) is 12.7 Å². The maximum Gasteiger partial charge on any atom is 0.244 e. The van der Waals surface area contributed by atoms with Crippen LogP contribution in [0.2, 0.25) is 0 Å². The number of carbonyl (C=O) groups is 1. The van der Waals surface area contributed by atoms with Gasteiger partial charge in [-0.25, -0.2) is 0 Å². The molecule has 6 heteroatoms. The van der Waals surface area contributed by atoms with Gasteiger partial charge < -0.3 is 20.5 Å². The van der Waals surface area contributed by atoms with E-state index in [-0.39, 0.29) is 5.91 Å². The van der Waals surface area contributed by atoms with Crippen LogP contribution in [0, 0.1) is 11.3 Å². The van der Waals surface area contributed by atoms with Gasteiger partial charge in [-0.05, 0) is 25.0 Å². The number of nitrogens with one attached hydrogen (secondary N) is 1. The van der Waals surface area contributed by atoms with Crippen LogP contribution >= 0.6 is 0 Å². The molecule has 1 heterocycles. The van der Waals surface area contributed by atoms with Gasteiger partial charge >= 0.3 is 0 Å². The summed E-state index contributed by atoms with van der Waals surface area (Å²) in [5.74, 6) is 0.120. The van der Waals surface area contributed by atoms with Gasteiger partial charge in [0.2, 0.25) is 5.91 Å². The number of anilines is 1. The molecule has 1 aliphatic heterocycles. The molecule has 1 saturated heterocycles. The highest BCUT2D eigenvalue weighted by Crippen LogP contribution is 2.29. The Bertz CT molecular complexity index is 545. The topological polar surface area (TPSA) is 97.4 Å². The van der Waals surface area contributed by atoms with E-state index in [4.69, 9.17) is 20.5 Å². The first-order valence-corrected chi connectivity index (χ1v) is 6.36. The van der Waals surface area contributed by atoms with Crippen LogP contribution in [0.4, 0.5) is 5.69 Å². The summed E-state index contributed by atoms with van der Waals surface area (Å²) >= 11 is 0. The van der Waals surface area contributed by atoms with Gasteiger partial charge in [-0.1, -0.05) is 6.07 Å². The van der Waals surface area contributed by atoms with Crippen molar-refractivity contribution < 1.29 is 14.3 Å². The van der Waals surface area contributed by atoms with Crippen LogP contribution in [0.25, 0.3) is 0 Å². The van der Waals surface area contributed by atoms with E-state index in [1.54, 1.807) is 18.2 Å². The molecule has 20 heavy (non-hydrogen) atoms. The average Bonchev–Trinajstić information content (AvgIpc) is 2.48. The van der Waals surface area contributed by atoms with Crippen molar-refractivity contribution in [3.63, 3.8) is 0 Å². The Morgan fingerprint density at radius 2 is 2.20 bits per heavy atom. The van der Waals surface area contributed by atoms with Gasteiger partial charge in [0.25, 0.3) is 0 Å². The number of nitrogens with two attached hydrogens (primary N) is 1. The van der Waals surface area contributed by atoms with Crippen LogP contribution < -0.4 is 15.8 Å². The number of methoxy groups -OCH3 is 1. The number of nitrogens with zero attached hydrogens (tertiary/aromatic N) is 1. The molecule has 0 unspecified atom stereocenters. The number of hydrogen-bond acceptors (Lipinski definition) is 5. The molecule has 1 fully saturated rings. The highest BCUT2D eigenvalue weighted by atomic mass is 16.5. The van der Waals surface area contributed by atoms with Gasteiger partial charge in [0.1, 0.15) is 23.0 Å². The van der Waals surface area contributed by atoms with Crippen molar-refractivity contribution in [2.75, 3.05) is 25.6 Å². The second kappa shape index (κ2) is 5.90. The van der Waals surface area contributed by atoms with E-state index >= 15 is 0 Å². The molecule has 6 nitrogen and oxygen atoms in total. The molecule has 1 aliphatic rings. The fourth-order valence-corrected chi connectivity index (χ4v) is 2.12. The molecule has 0 aliphatic carbocycles. The molecule has 0 aromatic heterocycles. The summed E-state index contributed by atoms with van der Waals surface area (Å²) in [6.07, 6.45) is 0.908. The van der Waals surface area contributed by atoms with Gasteiger partial charge in [0.15, 0.2) is 0 Å². The highest BCUT2D eigenvalue weighted by Gasteiger charge is 2.36. The summed E-state index contributed by atoms with van der Waals surface area (Å²) in [7, 11) is 1.48. The van der Waals surface area contributed by atoms with Crippen LogP contribution in [0.15, 0.2) is 18.2 Å². The van der Waals surface area contributed by atoms with E-state index in [2.05, 4.69) is 5.32 Å². The molecule has 3 N–H and O–H groups in total. The smallest absolute Gasteiger partial charge is 0.244 e. The summed E-state index contributed by atoms with van der Waals surface area (Å²) in [6, 6.07) is 7.03. The van der Waals surface area contributed by atoms with Crippen LogP contribution in [0.1, 0.15) is 18.4 Å². The Morgan fingerprint density at radius 1 is 1.50 bits per heavy atom. The summed E-state index contributed by atoms with van der Waals surface area (Å²) in [4.78, 5) is 12.4. The van der Waals surface area contributed by atoms with Crippen molar-refractivity contribution in [2.45, 2.75) is 18.4 Å². The van der Waals surface area contributed by atoms with Crippen molar-refractivity contribution in [3.05, 3.63) is 23.8 Å². The standard InChI is InChI=1S/C14H17N3O3/c1-19-11-4-2-3-10(9-15)12(11)17-13(18)14(16)5-7-20-8-6-14/h2-4H,5-8,16H2,1H3,(H,17,18). The van der Waals surface area contributed by atoms with Crippen LogP contribution in [-0.2, 0) is 9.53 Å². The number of para-hydroxylation sites is 1. The van der Waals surface area contributed by atoms with Crippen LogP contribution in [0.5, 0.6) is 5.75 Å². The van der Waals surface area contributed by atoms with E-state index in [1.165, 1.54) is 7.11 Å². The van der Waals surface area contributed by atoms with E-state index < -0.39 is 5.54 Å². The fraction of sp³-hybridized carbons (Fsp3) is 0.429. The van der Waals surface area contributed by atoms with Crippen molar-refractivity contribution in [1.29, 1.82) is 5.26 Å². The number of amides is 1. The number of carbonyl (C=O) groups excluding carboxylic acids is 1. The first-order valence-electron chi connectivity index (χ1n) is 6.36. The Hall–Kier alpha value is -2.10. The van der Waals surface area contributed by atoms with Gasteiger partial charge in [-0.15, -0.1) is 0 Å². The minimum Gasteiger partial charge on any atom is -0.495 e. The van der Waals surface area contributed by atoms with E-state index in [1.807, 2.05) is 6.07 Å². The van der Waals surface area contributed by atoms with E-state index in [0.717, 1.165) is 0 Å². The third-order valence-corrected chi connectivity index (χ3v) is 3.44. The minimum atomic E-state index is -0.966. The lowest BCUT2D eigenvalue weighted by atomic mass is 9.90. The number of benzene rings is 1. The zero-order chi connectivity index (χ0) is 14.6. The number of rotatable bonds is 3. The molecule has 0 radical (unpaired) electrons. The molecule has 2 rings (SSSR count). The largest absolute Gasteiger partial charge is 0.495 e. The maximum atomic E-state index is 12.4. The monoisotopic (exact) mass is 275 g/mol. The maximum absolute atomic E-state index is 12.4. The normalized spacial score (nSPS) is 17.1. The molecule has 0 atom stereocenters. The summed E-state index contributed by atoms with van der Waals surface area (Å²) in [5, 5.41) is 11.8. The second-order valence-corrected chi connectivity index (χ2v) is 4.72. The number of nitriles is 1. The lowest BCUT2D eigenvalue weighted by Gasteiger charge is -2.32. The van der Waals surface area contributed by atoms with Crippen LogP contribution in [-0.4, -0.2) is 31.8 Å². The zero-order valence-corrected chi connectivity index (χ0v) is 11.3. The summed E-state index contributed by atoms with van der Waals surface area (Å²) in [6.45, 7) is 0.919. The zero-order valence-electron chi connectivity index (χ0n) is 11.3. The third-order valence-electron chi connectivity index (χ3n) is 3.44. The minimum absolute atomic E-state index is 0.318. The van der Waals surface area contributed by atoms with E-state index in [0.29, 0.717) is 43.1 Å². The van der Waals surface area contributed by atoms with Gasteiger partial charge in [0, 0.05) is 13.2 Å². The molecule has 0 saturated carbocycles. The first-order chi connectivity index (χ1) is 9.60. The molecule has 106 valence electrons. The van der Waals surface area contributed by atoms with Crippen molar-refractivity contribution in [3.8, 4) is 11.8 Å². The van der Waals surface area contributed by atoms with Crippen molar-refractivity contribution in [2.24, 2.45) is 5.73 Å². The third kappa shape index (κ3) is 2.74. The first kappa shape index (κ1) is 14.3. The van der Waals surface area contributed by atoms with Crippen molar-refractivity contribution in [1.82, 2.24) is 0 Å². The summed E-state index contributed by atoms with van der Waals surface area (Å²) < 4.78 is 10.4. The fourth-order valence-electron chi connectivity index (χ4n) is 2.12. The van der Waals surface area contributed by atoms with Crippen LogP contribution in [0.3, 0.4) is 0 Å². The predicted molar refractivity (Wildman–Crippen MR) is 73.3 cm³/mol. The Balaban J connectivity index is 2.25. The lowest BCUT2D eigenvalue weighted by Crippen LogP contribution is -2.54. The van der Waals surface area contributed by atoms with Gasteiger partial charge in [-0.3, -0.25) is 4.79 Å². The summed E-state index contributed by atoms with van der Waals surface area (Å²) in [5.41, 5.74) is 5.85. The molecule has 1 aromatic carbocycles. The average molecular weight is 275 g/mol. The SMILES string of the molecule is COc1cccc(C#N)c1NC(=O)C1(N)CCOCC1. The molecule has 1 amide bonds. The second-order valence-electron chi connectivity index (χ2n) is 4.72. The Morgan fingerprint density at radius 3 is 2.80 bits per heavy atom. The molecule has 1 aromatic rings. The lowest BCUT2D eigenvalue weighted by molar-refractivity contribution is -0.124. The Labute approximate surface area is 117 Å². The Kier molecular flexibility index (Phi) is 4.23. The molecular formula is C14H17N3O3. The van der Waals surface area contributed by atoms with E-state index in [9.17, 15) is 4.79 Å². The quantitative estimate of drug-likeness (QED) is 0.858. The highest BCUT2D eigenvalue weighted by molar-refractivity contribution is 6.00. The van der Waals surface area contributed by atoms with Crippen molar-refractivity contribution >= 4 is 11.6 Å².